The zero-order valence-corrected chi connectivity index (χ0v) is 12.5. The van der Waals surface area contributed by atoms with Crippen LogP contribution in [0.15, 0.2) is 54.6 Å². The Bertz CT molecular complexity index is 802. The molecule has 0 spiro atoms. The molecule has 3 N–H and O–H groups in total. The molecule has 0 saturated heterocycles. The van der Waals surface area contributed by atoms with Gasteiger partial charge in [-0.05, 0) is 35.8 Å². The number of rotatable bonds is 5. The number of fused-ring (bicyclic) bond motifs is 1. The van der Waals surface area contributed by atoms with Crippen LogP contribution in [0.2, 0.25) is 0 Å². The van der Waals surface area contributed by atoms with Crippen LogP contribution in [0.3, 0.4) is 0 Å². The predicted molar refractivity (Wildman–Crippen MR) is 88.9 cm³/mol. The Balaban J connectivity index is 1.62. The van der Waals surface area contributed by atoms with Gasteiger partial charge in [-0.3, -0.25) is 10.0 Å². The first kappa shape index (κ1) is 15.0. The van der Waals surface area contributed by atoms with Crippen molar-refractivity contribution in [2.24, 2.45) is 0 Å². The van der Waals surface area contributed by atoms with Crippen molar-refractivity contribution >= 4 is 23.0 Å². The van der Waals surface area contributed by atoms with Gasteiger partial charge in [0.2, 0.25) is 0 Å². The maximum atomic E-state index is 10.9. The summed E-state index contributed by atoms with van der Waals surface area (Å²) >= 11 is 0. The second kappa shape index (κ2) is 6.89. The minimum atomic E-state index is -0.543. The van der Waals surface area contributed by atoms with Crippen LogP contribution in [0.25, 0.3) is 17.1 Å². The van der Waals surface area contributed by atoms with Crippen molar-refractivity contribution in [3.05, 3.63) is 71.6 Å². The van der Waals surface area contributed by atoms with E-state index in [2.05, 4.69) is 9.97 Å². The van der Waals surface area contributed by atoms with Crippen LogP contribution in [0.4, 0.5) is 0 Å². The van der Waals surface area contributed by atoms with E-state index >= 15 is 0 Å². The van der Waals surface area contributed by atoms with Crippen molar-refractivity contribution in [1.29, 1.82) is 0 Å². The lowest BCUT2D eigenvalue weighted by Crippen LogP contribution is -2.14. The number of aryl methyl sites for hydroxylation is 2. The molecule has 3 aromatic rings. The lowest BCUT2D eigenvalue weighted by molar-refractivity contribution is -0.124. The molecule has 0 aliphatic rings. The minimum absolute atomic E-state index is 0.543. The fourth-order valence-corrected chi connectivity index (χ4v) is 2.39. The molecule has 23 heavy (non-hydrogen) atoms. The standard InChI is InChI=1S/C18H17N3O2/c22-18(21-23)12-10-14-7-5-13(6-8-14)9-11-17-19-15-3-1-2-4-16(15)20-17/h1-8,10,12,23H,9,11H2,(H,19,20)(H,21,22)/b12-10+. The molecule has 0 aliphatic carbocycles. The van der Waals surface area contributed by atoms with Crippen LogP contribution in [0, 0.1) is 0 Å². The van der Waals surface area contributed by atoms with Crippen molar-refractivity contribution in [2.45, 2.75) is 12.8 Å². The first-order chi connectivity index (χ1) is 11.2. The largest absolute Gasteiger partial charge is 0.342 e. The van der Waals surface area contributed by atoms with Crippen molar-refractivity contribution in [1.82, 2.24) is 15.4 Å². The number of hydrogen-bond donors (Lipinski definition) is 3. The molecule has 0 aliphatic heterocycles. The number of imidazole rings is 1. The van der Waals surface area contributed by atoms with E-state index in [1.807, 2.05) is 48.5 Å². The molecule has 1 heterocycles. The summed E-state index contributed by atoms with van der Waals surface area (Å²) in [5, 5.41) is 8.43. The number of hydrogen-bond acceptors (Lipinski definition) is 3. The summed E-state index contributed by atoms with van der Waals surface area (Å²) in [5.41, 5.74) is 5.72. The first-order valence-electron chi connectivity index (χ1n) is 7.39. The number of carbonyl (C=O) groups excluding carboxylic acids is 1. The van der Waals surface area contributed by atoms with Crippen molar-refractivity contribution in [3.8, 4) is 0 Å². The molecular weight excluding hydrogens is 290 g/mol. The summed E-state index contributed by atoms with van der Waals surface area (Å²) in [6.07, 6.45) is 4.66. The average molecular weight is 307 g/mol. The van der Waals surface area contributed by atoms with Gasteiger partial charge in [-0.25, -0.2) is 10.5 Å². The molecular formula is C18H17N3O2. The van der Waals surface area contributed by atoms with Gasteiger partial charge in [0.05, 0.1) is 11.0 Å². The van der Waals surface area contributed by atoms with E-state index in [1.165, 1.54) is 11.6 Å². The average Bonchev–Trinajstić information content (AvgIpc) is 3.01. The zero-order valence-electron chi connectivity index (χ0n) is 12.5. The van der Waals surface area contributed by atoms with Crippen LogP contribution >= 0.6 is 0 Å². The number of para-hydroxylation sites is 2. The highest BCUT2D eigenvalue weighted by molar-refractivity contribution is 5.90. The third-order valence-corrected chi connectivity index (χ3v) is 3.61. The molecule has 0 fully saturated rings. The molecule has 0 bridgehead atoms. The number of hydroxylamine groups is 1. The molecule has 0 radical (unpaired) electrons. The van der Waals surface area contributed by atoms with E-state index in [0.29, 0.717) is 0 Å². The first-order valence-corrected chi connectivity index (χ1v) is 7.39. The maximum absolute atomic E-state index is 10.9. The van der Waals surface area contributed by atoms with Gasteiger partial charge in [0.1, 0.15) is 5.82 Å². The Hall–Kier alpha value is -2.92. The second-order valence-electron chi connectivity index (χ2n) is 5.25. The van der Waals surface area contributed by atoms with Gasteiger partial charge in [0, 0.05) is 12.5 Å². The number of H-pyrrole nitrogens is 1. The molecule has 2 aromatic carbocycles. The second-order valence-corrected chi connectivity index (χ2v) is 5.25. The number of benzene rings is 2. The number of nitrogens with zero attached hydrogens (tertiary/aromatic N) is 1. The van der Waals surface area contributed by atoms with Crippen LogP contribution in [-0.2, 0) is 17.6 Å². The van der Waals surface area contributed by atoms with E-state index in [-0.39, 0.29) is 0 Å². The van der Waals surface area contributed by atoms with E-state index in [0.717, 1.165) is 35.3 Å². The summed E-state index contributed by atoms with van der Waals surface area (Å²) in [6, 6.07) is 15.9. The maximum Gasteiger partial charge on any atom is 0.267 e. The van der Waals surface area contributed by atoms with Gasteiger partial charge in [-0.15, -0.1) is 0 Å². The molecule has 5 heteroatoms. The van der Waals surface area contributed by atoms with Crippen molar-refractivity contribution in [2.75, 3.05) is 0 Å². The molecule has 1 aromatic heterocycles. The summed E-state index contributed by atoms with van der Waals surface area (Å²) in [6.45, 7) is 0. The van der Waals surface area contributed by atoms with Gasteiger partial charge >= 0.3 is 0 Å². The predicted octanol–water partition coefficient (Wildman–Crippen LogP) is 2.87. The van der Waals surface area contributed by atoms with E-state index in [4.69, 9.17) is 5.21 Å². The number of carbonyl (C=O) groups is 1. The highest BCUT2D eigenvalue weighted by Gasteiger charge is 2.02. The van der Waals surface area contributed by atoms with Crippen molar-refractivity contribution < 1.29 is 10.0 Å². The van der Waals surface area contributed by atoms with Crippen molar-refractivity contribution in [3.63, 3.8) is 0 Å². The molecule has 0 unspecified atom stereocenters. The Labute approximate surface area is 133 Å². The van der Waals surface area contributed by atoms with E-state index in [9.17, 15) is 4.79 Å². The quantitative estimate of drug-likeness (QED) is 0.385. The number of nitrogens with one attached hydrogen (secondary N) is 2. The molecule has 116 valence electrons. The number of amides is 1. The topological polar surface area (TPSA) is 78.0 Å². The van der Waals surface area contributed by atoms with Gasteiger partial charge in [0.15, 0.2) is 0 Å². The highest BCUT2D eigenvalue weighted by Crippen LogP contribution is 2.13. The molecule has 1 amide bonds. The van der Waals surface area contributed by atoms with E-state index < -0.39 is 5.91 Å². The summed E-state index contributed by atoms with van der Waals surface area (Å²) in [5.74, 6) is 0.439. The van der Waals surface area contributed by atoms with Gasteiger partial charge in [-0.1, -0.05) is 36.4 Å². The third kappa shape index (κ3) is 3.84. The Morgan fingerprint density at radius 2 is 1.91 bits per heavy atom. The third-order valence-electron chi connectivity index (χ3n) is 3.61. The molecule has 3 rings (SSSR count). The fourth-order valence-electron chi connectivity index (χ4n) is 2.39. The smallest absolute Gasteiger partial charge is 0.267 e. The van der Waals surface area contributed by atoms with Crippen LogP contribution in [-0.4, -0.2) is 21.1 Å². The van der Waals surface area contributed by atoms with Gasteiger partial charge in [-0.2, -0.15) is 0 Å². The number of aromatic nitrogens is 2. The summed E-state index contributed by atoms with van der Waals surface area (Å²) < 4.78 is 0. The van der Waals surface area contributed by atoms with Gasteiger partial charge in [0.25, 0.3) is 5.91 Å². The molecule has 5 nitrogen and oxygen atoms in total. The summed E-state index contributed by atoms with van der Waals surface area (Å²) in [7, 11) is 0. The fraction of sp³-hybridized carbons (Fsp3) is 0.111. The van der Waals surface area contributed by atoms with Crippen LogP contribution < -0.4 is 5.48 Å². The van der Waals surface area contributed by atoms with E-state index in [1.54, 1.807) is 11.6 Å². The van der Waals surface area contributed by atoms with Gasteiger partial charge < -0.3 is 4.98 Å². The normalized spacial score (nSPS) is 11.2. The minimum Gasteiger partial charge on any atom is -0.342 e. The SMILES string of the molecule is O=C(/C=C/c1ccc(CCc2nc3ccccc3[nH]2)cc1)NO. The lowest BCUT2D eigenvalue weighted by atomic mass is 10.1. The van der Waals surface area contributed by atoms with Crippen LogP contribution in [0.1, 0.15) is 17.0 Å². The Morgan fingerprint density at radius 1 is 1.13 bits per heavy atom. The highest BCUT2D eigenvalue weighted by atomic mass is 16.5. The molecule has 0 saturated carbocycles. The number of aromatic amines is 1. The van der Waals surface area contributed by atoms with Crippen LogP contribution in [0.5, 0.6) is 0 Å². The Morgan fingerprint density at radius 3 is 2.65 bits per heavy atom. The zero-order chi connectivity index (χ0) is 16.1. The summed E-state index contributed by atoms with van der Waals surface area (Å²) in [4.78, 5) is 18.8. The lowest BCUT2D eigenvalue weighted by Gasteiger charge is -2.00. The Kier molecular flexibility index (Phi) is 4.49. The molecule has 0 atom stereocenters. The monoisotopic (exact) mass is 307 g/mol.